The third-order valence-electron chi connectivity index (χ3n) is 4.06. The van der Waals surface area contributed by atoms with Gasteiger partial charge in [0.05, 0.1) is 18.7 Å². The summed E-state index contributed by atoms with van der Waals surface area (Å²) in [5, 5.41) is 5.65. The van der Waals surface area contributed by atoms with Crippen molar-refractivity contribution in [3.8, 4) is 0 Å². The molecule has 0 spiro atoms. The van der Waals surface area contributed by atoms with Gasteiger partial charge in [0, 0.05) is 25.8 Å². The average Bonchev–Trinajstić information content (AvgIpc) is 2.82. The standard InChI is InChI=1S/C17H25N3O3/c1-11-5-6-15(7-12(11)2)20-9-14(8-16(20)21)19-17(22)18-13(3)10-23-4/h5-7,13-14H,8-10H2,1-4H3,(H2,18,19,22)/t13-,14-/m1/s1. The van der Waals surface area contributed by atoms with Crippen LogP contribution >= 0.6 is 0 Å². The number of methoxy groups -OCH3 is 1. The Morgan fingerprint density at radius 2 is 2.13 bits per heavy atom. The first-order valence-electron chi connectivity index (χ1n) is 7.84. The van der Waals surface area contributed by atoms with Crippen molar-refractivity contribution in [2.75, 3.05) is 25.2 Å². The molecule has 2 rings (SSSR count). The SMILES string of the molecule is COC[C@@H](C)NC(=O)N[C@@H]1CC(=O)N(c2ccc(C)c(C)c2)C1. The quantitative estimate of drug-likeness (QED) is 0.868. The van der Waals surface area contributed by atoms with Crippen molar-refractivity contribution in [3.05, 3.63) is 29.3 Å². The summed E-state index contributed by atoms with van der Waals surface area (Å²) in [7, 11) is 1.59. The number of nitrogens with one attached hydrogen (secondary N) is 2. The Labute approximate surface area is 137 Å². The van der Waals surface area contributed by atoms with Gasteiger partial charge in [-0.1, -0.05) is 6.07 Å². The Balaban J connectivity index is 1.94. The Bertz CT molecular complexity index is 588. The first-order chi connectivity index (χ1) is 10.9. The molecule has 1 aromatic rings. The lowest BCUT2D eigenvalue weighted by Gasteiger charge is -2.19. The number of carbonyl (C=O) groups is 2. The minimum absolute atomic E-state index is 0.0310. The van der Waals surface area contributed by atoms with Gasteiger partial charge in [0.1, 0.15) is 0 Å². The highest BCUT2D eigenvalue weighted by Crippen LogP contribution is 2.24. The van der Waals surface area contributed by atoms with E-state index in [0.717, 1.165) is 11.3 Å². The summed E-state index contributed by atoms with van der Waals surface area (Å²) in [5.74, 6) is 0.0310. The van der Waals surface area contributed by atoms with Crippen LogP contribution in [0.15, 0.2) is 18.2 Å². The van der Waals surface area contributed by atoms with Crippen molar-refractivity contribution >= 4 is 17.6 Å². The number of benzene rings is 1. The number of nitrogens with zero attached hydrogens (tertiary/aromatic N) is 1. The van der Waals surface area contributed by atoms with Crippen molar-refractivity contribution in [2.45, 2.75) is 39.3 Å². The van der Waals surface area contributed by atoms with Crippen molar-refractivity contribution in [3.63, 3.8) is 0 Å². The van der Waals surface area contributed by atoms with Crippen LogP contribution in [0.4, 0.5) is 10.5 Å². The Morgan fingerprint density at radius 3 is 2.78 bits per heavy atom. The fraction of sp³-hybridized carbons (Fsp3) is 0.529. The van der Waals surface area contributed by atoms with E-state index in [1.165, 1.54) is 5.56 Å². The fourth-order valence-electron chi connectivity index (χ4n) is 2.69. The van der Waals surface area contributed by atoms with Crippen LogP contribution in [-0.4, -0.2) is 44.3 Å². The van der Waals surface area contributed by atoms with Crippen molar-refractivity contribution in [1.82, 2.24) is 10.6 Å². The van der Waals surface area contributed by atoms with Gasteiger partial charge in [0.15, 0.2) is 0 Å². The maximum Gasteiger partial charge on any atom is 0.315 e. The minimum atomic E-state index is -0.269. The van der Waals surface area contributed by atoms with Gasteiger partial charge in [0.25, 0.3) is 0 Å². The number of urea groups is 1. The molecular formula is C17H25N3O3. The zero-order chi connectivity index (χ0) is 17.0. The number of hydrogen-bond donors (Lipinski definition) is 2. The number of ether oxygens (including phenoxy) is 1. The van der Waals surface area contributed by atoms with Crippen LogP contribution in [0.2, 0.25) is 0 Å². The lowest BCUT2D eigenvalue weighted by Crippen LogP contribution is -2.47. The zero-order valence-corrected chi connectivity index (χ0v) is 14.2. The van der Waals surface area contributed by atoms with Gasteiger partial charge in [-0.2, -0.15) is 0 Å². The maximum absolute atomic E-state index is 12.2. The van der Waals surface area contributed by atoms with E-state index in [4.69, 9.17) is 4.74 Å². The molecule has 6 nitrogen and oxygen atoms in total. The van der Waals surface area contributed by atoms with Gasteiger partial charge in [0.2, 0.25) is 5.91 Å². The Kier molecular flexibility index (Phi) is 5.60. The average molecular weight is 319 g/mol. The topological polar surface area (TPSA) is 70.7 Å². The van der Waals surface area contributed by atoms with Gasteiger partial charge >= 0.3 is 6.03 Å². The molecule has 1 aliphatic heterocycles. The Morgan fingerprint density at radius 1 is 1.39 bits per heavy atom. The van der Waals surface area contributed by atoms with Crippen LogP contribution in [0.5, 0.6) is 0 Å². The molecule has 0 aromatic heterocycles. The summed E-state index contributed by atoms with van der Waals surface area (Å²) in [6.45, 7) is 6.88. The van der Waals surface area contributed by atoms with Gasteiger partial charge in [-0.05, 0) is 44.0 Å². The molecule has 0 radical (unpaired) electrons. The summed E-state index contributed by atoms with van der Waals surface area (Å²) >= 11 is 0. The minimum Gasteiger partial charge on any atom is -0.383 e. The zero-order valence-electron chi connectivity index (χ0n) is 14.2. The van der Waals surface area contributed by atoms with Crippen LogP contribution in [0.25, 0.3) is 0 Å². The van der Waals surface area contributed by atoms with Crippen LogP contribution in [0.1, 0.15) is 24.5 Å². The maximum atomic E-state index is 12.2. The molecule has 0 bridgehead atoms. The fourth-order valence-corrected chi connectivity index (χ4v) is 2.69. The van der Waals surface area contributed by atoms with Gasteiger partial charge in [-0.3, -0.25) is 4.79 Å². The van der Waals surface area contributed by atoms with Crippen molar-refractivity contribution in [2.24, 2.45) is 0 Å². The molecule has 3 amide bonds. The normalized spacial score (nSPS) is 18.9. The van der Waals surface area contributed by atoms with Gasteiger partial charge in [-0.15, -0.1) is 0 Å². The molecule has 1 aromatic carbocycles. The van der Waals surface area contributed by atoms with Crippen LogP contribution in [0, 0.1) is 13.8 Å². The Hall–Kier alpha value is -2.08. The van der Waals surface area contributed by atoms with Crippen molar-refractivity contribution < 1.29 is 14.3 Å². The van der Waals surface area contributed by atoms with E-state index < -0.39 is 0 Å². The van der Waals surface area contributed by atoms with E-state index in [1.54, 1.807) is 12.0 Å². The summed E-state index contributed by atoms with van der Waals surface area (Å²) < 4.78 is 4.98. The van der Waals surface area contributed by atoms with Crippen LogP contribution < -0.4 is 15.5 Å². The largest absolute Gasteiger partial charge is 0.383 e. The molecule has 1 saturated heterocycles. The van der Waals surface area contributed by atoms with E-state index in [2.05, 4.69) is 10.6 Å². The number of amides is 3. The number of anilines is 1. The first-order valence-corrected chi connectivity index (χ1v) is 7.84. The molecule has 1 heterocycles. The lowest BCUT2D eigenvalue weighted by atomic mass is 10.1. The summed E-state index contributed by atoms with van der Waals surface area (Å²) in [6, 6.07) is 5.44. The molecule has 1 fully saturated rings. The van der Waals surface area contributed by atoms with Gasteiger partial charge < -0.3 is 20.3 Å². The summed E-state index contributed by atoms with van der Waals surface area (Å²) in [5.41, 5.74) is 3.23. The highest BCUT2D eigenvalue weighted by atomic mass is 16.5. The molecule has 23 heavy (non-hydrogen) atoms. The molecule has 2 N–H and O–H groups in total. The smallest absolute Gasteiger partial charge is 0.315 e. The van der Waals surface area contributed by atoms with Crippen LogP contribution in [-0.2, 0) is 9.53 Å². The number of carbonyl (C=O) groups excluding carboxylic acids is 2. The van der Waals surface area contributed by atoms with Crippen LogP contribution in [0.3, 0.4) is 0 Å². The molecule has 6 heteroatoms. The van der Waals surface area contributed by atoms with Gasteiger partial charge in [-0.25, -0.2) is 4.79 Å². The number of hydrogen-bond acceptors (Lipinski definition) is 3. The van der Waals surface area contributed by atoms with E-state index >= 15 is 0 Å². The van der Waals surface area contributed by atoms with E-state index in [0.29, 0.717) is 19.6 Å². The van der Waals surface area contributed by atoms with Crippen molar-refractivity contribution in [1.29, 1.82) is 0 Å². The molecule has 0 aliphatic carbocycles. The highest BCUT2D eigenvalue weighted by Gasteiger charge is 2.31. The summed E-state index contributed by atoms with van der Waals surface area (Å²) in [6.07, 6.45) is 0.318. The van der Waals surface area contributed by atoms with E-state index in [-0.39, 0.29) is 24.0 Å². The number of aryl methyl sites for hydroxylation is 2. The highest BCUT2D eigenvalue weighted by molar-refractivity contribution is 5.96. The second-order valence-electron chi connectivity index (χ2n) is 6.15. The third-order valence-corrected chi connectivity index (χ3v) is 4.06. The second kappa shape index (κ2) is 7.46. The predicted molar refractivity (Wildman–Crippen MR) is 89.7 cm³/mol. The number of rotatable bonds is 5. The predicted octanol–water partition coefficient (Wildman–Crippen LogP) is 1.74. The first kappa shape index (κ1) is 17.3. The molecule has 1 aliphatic rings. The molecule has 0 saturated carbocycles. The third kappa shape index (κ3) is 4.45. The van der Waals surface area contributed by atoms with E-state index in [9.17, 15) is 9.59 Å². The van der Waals surface area contributed by atoms with E-state index in [1.807, 2.05) is 39.0 Å². The molecule has 0 unspecified atom stereocenters. The lowest BCUT2D eigenvalue weighted by molar-refractivity contribution is -0.117. The monoisotopic (exact) mass is 319 g/mol. The molecular weight excluding hydrogens is 294 g/mol. The molecule has 126 valence electrons. The summed E-state index contributed by atoms with van der Waals surface area (Å²) in [4.78, 5) is 25.9. The second-order valence-corrected chi connectivity index (χ2v) is 6.15. The molecule has 2 atom stereocenters.